The van der Waals surface area contributed by atoms with Gasteiger partial charge in [-0.2, -0.15) is 0 Å². The average molecular weight is 434 g/mol. The topological polar surface area (TPSA) is 0 Å². The minimum atomic E-state index is -11.2. The Labute approximate surface area is 60.1 Å². The van der Waals surface area contributed by atoms with E-state index in [9.17, 15) is 16.9 Å². The summed E-state index contributed by atoms with van der Waals surface area (Å²) in [6.45, 7) is 0. The normalized spacial score (nSPS) is 20.2. The van der Waals surface area contributed by atoms with Crippen molar-refractivity contribution in [2.75, 3.05) is 0 Å². The molecule has 0 unspecified atom stereocenters. The van der Waals surface area contributed by atoms with Crippen LogP contribution in [0, 0.1) is 0 Å². The van der Waals surface area contributed by atoms with E-state index < -0.39 is 19.5 Å². The minimum Gasteiger partial charge on any atom is 1.00 e. The van der Waals surface area contributed by atoms with E-state index in [1.807, 2.05) is 0 Å². The Morgan fingerprint density at radius 2 is 0.750 bits per heavy atom. The smallest absolute Gasteiger partial charge is 1.00 e. The number of halogens is 6. The Hall–Kier alpha value is 1.14. The maximum atomic E-state index is 9.93. The Balaban J connectivity index is -0.000000180. The van der Waals surface area contributed by atoms with E-state index in [4.69, 9.17) is 0 Å². The van der Waals surface area contributed by atoms with Crippen molar-refractivity contribution in [1.82, 2.24) is 0 Å². The van der Waals surface area contributed by atoms with Gasteiger partial charge in [-0.25, -0.2) is 0 Å². The van der Waals surface area contributed by atoms with Gasteiger partial charge in [0.05, 0.1) is 0 Å². The summed E-state index contributed by atoms with van der Waals surface area (Å²) >= 11 is -11.2. The molecule has 59 valence electrons. The van der Waals surface area contributed by atoms with Gasteiger partial charge in [-0.1, -0.05) is 0 Å². The molecular formula is HAuF6Sb. The van der Waals surface area contributed by atoms with Crippen molar-refractivity contribution in [3.8, 4) is 0 Å². The van der Waals surface area contributed by atoms with Crippen molar-refractivity contribution >= 4 is 19.5 Å². The molecule has 0 saturated heterocycles. The molecule has 0 amide bonds. The molecule has 0 heterocycles. The summed E-state index contributed by atoms with van der Waals surface area (Å²) in [4.78, 5) is 0. The summed E-state index contributed by atoms with van der Waals surface area (Å²) < 4.78 is 59.6. The first-order valence-corrected chi connectivity index (χ1v) is 6.80. The van der Waals surface area contributed by atoms with Crippen LogP contribution in [0.1, 0.15) is 1.43 Å². The second-order valence-electron chi connectivity index (χ2n) is 0.958. The molecule has 0 rings (SSSR count). The van der Waals surface area contributed by atoms with Gasteiger partial charge >= 0.3 is 37.8 Å². The summed E-state index contributed by atoms with van der Waals surface area (Å²) in [5.41, 5.74) is 0. The molecule has 0 N–H and O–H groups in total. The van der Waals surface area contributed by atoms with Gasteiger partial charge in [-0.05, 0) is 0 Å². The molecule has 0 aliphatic heterocycles. The van der Waals surface area contributed by atoms with E-state index in [0.29, 0.717) is 0 Å². The summed E-state index contributed by atoms with van der Waals surface area (Å²) in [5.74, 6) is 0. The van der Waals surface area contributed by atoms with Crippen LogP contribution in [-0.2, 0) is 22.4 Å². The molecule has 0 spiro atoms. The van der Waals surface area contributed by atoms with Crippen molar-refractivity contribution < 1.29 is 40.7 Å². The van der Waals surface area contributed by atoms with Gasteiger partial charge in [0, 0.05) is 22.4 Å². The van der Waals surface area contributed by atoms with Gasteiger partial charge < -0.3 is 0 Å². The third-order valence-electron chi connectivity index (χ3n) is 0. The van der Waals surface area contributed by atoms with Crippen LogP contribution in [0.5, 0.6) is 0 Å². The van der Waals surface area contributed by atoms with E-state index in [0.717, 1.165) is 0 Å². The van der Waals surface area contributed by atoms with Crippen LogP contribution in [0.3, 0.4) is 0 Å². The van der Waals surface area contributed by atoms with E-state index >= 15 is 0 Å². The summed E-state index contributed by atoms with van der Waals surface area (Å²) in [6.07, 6.45) is 0. The van der Waals surface area contributed by atoms with E-state index in [1.165, 1.54) is 0 Å². The maximum absolute atomic E-state index is 11.2. The fraction of sp³-hybridized carbons (Fsp3) is 0. The largest absolute Gasteiger partial charge is 1.00 e. The van der Waals surface area contributed by atoms with Crippen molar-refractivity contribution in [3.05, 3.63) is 0 Å². The third kappa shape index (κ3) is 208. The van der Waals surface area contributed by atoms with Crippen molar-refractivity contribution in [2.45, 2.75) is 0 Å². The SMILES string of the molecule is [Au].[F][Sb-]([F])([F])([F])([F])[F].[H+]. The van der Waals surface area contributed by atoms with Gasteiger partial charge in [-0.3, -0.25) is 0 Å². The minimum absolute atomic E-state index is 0. The Bertz CT molecular complexity index is 71.6. The van der Waals surface area contributed by atoms with Crippen LogP contribution in [-0.4, -0.2) is 19.5 Å². The molecule has 0 bridgehead atoms. The molecule has 0 saturated carbocycles. The molecule has 0 aliphatic carbocycles. The van der Waals surface area contributed by atoms with E-state index in [-0.39, 0.29) is 23.8 Å². The second kappa shape index (κ2) is 1.59. The molecular weight excluding hydrogens is 433 g/mol. The predicted octanol–water partition coefficient (Wildman–Crippen LogP) is 2.25. The van der Waals surface area contributed by atoms with Gasteiger partial charge in [-0.15, -0.1) is 0 Å². The maximum Gasteiger partial charge on any atom is 1.00 e. The third-order valence-corrected chi connectivity index (χ3v) is 0. The molecule has 0 nitrogen and oxygen atoms in total. The van der Waals surface area contributed by atoms with E-state index in [2.05, 4.69) is 0 Å². The van der Waals surface area contributed by atoms with Crippen LogP contribution in [0.15, 0.2) is 0 Å². The second-order valence-corrected chi connectivity index (χ2v) is 6.43. The number of rotatable bonds is 0. The van der Waals surface area contributed by atoms with Crippen LogP contribution in [0.2, 0.25) is 0 Å². The summed E-state index contributed by atoms with van der Waals surface area (Å²) in [6, 6.07) is 0. The first-order chi connectivity index (χ1) is 2.45. The molecule has 8 heteroatoms. The zero-order valence-electron chi connectivity index (χ0n) is 4.02. The van der Waals surface area contributed by atoms with Gasteiger partial charge in [0.1, 0.15) is 0 Å². The number of hydrogen-bond donors (Lipinski definition) is 0. The monoisotopic (exact) mass is 433 g/mol. The first-order valence-electron chi connectivity index (χ1n) is 1.01. The van der Waals surface area contributed by atoms with E-state index in [1.54, 1.807) is 0 Å². The first kappa shape index (κ1) is 11.9. The fourth-order valence-corrected chi connectivity index (χ4v) is 0. The van der Waals surface area contributed by atoms with Crippen molar-refractivity contribution in [2.24, 2.45) is 0 Å². The van der Waals surface area contributed by atoms with Gasteiger partial charge in [0.2, 0.25) is 0 Å². The molecule has 0 atom stereocenters. The van der Waals surface area contributed by atoms with Crippen LogP contribution < -0.4 is 0 Å². The molecule has 0 aromatic carbocycles. The van der Waals surface area contributed by atoms with Gasteiger partial charge in [0.15, 0.2) is 0 Å². The Morgan fingerprint density at radius 3 is 0.750 bits per heavy atom. The van der Waals surface area contributed by atoms with Crippen LogP contribution >= 0.6 is 0 Å². The molecule has 0 aromatic heterocycles. The molecule has 1 radical (unpaired) electrons. The van der Waals surface area contributed by atoms with Crippen molar-refractivity contribution in [1.29, 1.82) is 0 Å². The van der Waals surface area contributed by atoms with Crippen LogP contribution in [0.4, 0.5) is 16.9 Å². The summed E-state index contributed by atoms with van der Waals surface area (Å²) in [7, 11) is 0. The molecule has 0 aliphatic rings. The fourth-order valence-electron chi connectivity index (χ4n) is 0. The summed E-state index contributed by atoms with van der Waals surface area (Å²) in [5, 5.41) is 0. The van der Waals surface area contributed by atoms with Gasteiger partial charge in [0.25, 0.3) is 0 Å². The zero-order valence-corrected chi connectivity index (χ0v) is 7.74. The molecule has 0 fully saturated rings. The number of hydrogen-bond acceptors (Lipinski definition) is 0. The molecule has 0 aromatic rings. The predicted molar refractivity (Wildman–Crippen MR) is 13.5 cm³/mol. The molecule has 8 heavy (non-hydrogen) atoms. The Morgan fingerprint density at radius 1 is 0.750 bits per heavy atom. The quantitative estimate of drug-likeness (QED) is 0.406. The standard InChI is InChI=1S/Au.6FH.Sb/h;6*1H;/q;;;;;;;+5/p-5. The van der Waals surface area contributed by atoms with Crippen molar-refractivity contribution in [3.63, 3.8) is 0 Å². The zero-order chi connectivity index (χ0) is 6.41. The van der Waals surface area contributed by atoms with Crippen LogP contribution in [0.25, 0.3) is 0 Å². The Kier molecular flexibility index (Phi) is 2.36. The average Bonchev–Trinajstić information content (AvgIpc) is 0.592.